The normalized spacial score (nSPS) is 23.4. The Hall–Kier alpha value is -2.72. The summed E-state index contributed by atoms with van der Waals surface area (Å²) < 4.78 is 44.4. The number of halogens is 2. The minimum absolute atomic E-state index is 0.0217. The van der Waals surface area contributed by atoms with Gasteiger partial charge in [-0.05, 0) is 38.1 Å². The lowest BCUT2D eigenvalue weighted by atomic mass is 9.85. The van der Waals surface area contributed by atoms with Gasteiger partial charge in [-0.15, -0.1) is 0 Å². The number of amides is 1. The topological polar surface area (TPSA) is 124 Å². The maximum Gasteiger partial charge on any atom is 0.277 e. The van der Waals surface area contributed by atoms with Crippen LogP contribution in [-0.2, 0) is 15.4 Å². The van der Waals surface area contributed by atoms with Crippen molar-refractivity contribution in [3.63, 3.8) is 0 Å². The highest BCUT2D eigenvalue weighted by Crippen LogP contribution is 2.46. The summed E-state index contributed by atoms with van der Waals surface area (Å²) in [6, 6.07) is 5.74. The molecule has 11 heteroatoms. The molecule has 1 aromatic carbocycles. The summed E-state index contributed by atoms with van der Waals surface area (Å²) in [5.41, 5.74) is 5.32. The molecule has 0 aliphatic carbocycles. The number of benzene rings is 1. The van der Waals surface area contributed by atoms with Crippen LogP contribution >= 0.6 is 11.6 Å². The molecule has 31 heavy (non-hydrogen) atoms. The van der Waals surface area contributed by atoms with E-state index in [1.165, 1.54) is 20.0 Å². The number of pyridine rings is 1. The Balaban J connectivity index is 1.74. The number of carbonyl (C=O) groups excluding carboxylic acids is 1. The van der Waals surface area contributed by atoms with Crippen LogP contribution in [0.1, 0.15) is 36.3 Å². The van der Waals surface area contributed by atoms with Gasteiger partial charge >= 0.3 is 0 Å². The predicted molar refractivity (Wildman–Crippen MR) is 115 cm³/mol. The number of amidine groups is 1. The smallest absolute Gasteiger partial charge is 0.277 e. The molecule has 1 spiro atoms. The highest BCUT2D eigenvalue weighted by molar-refractivity contribution is 7.93. The molecule has 1 aromatic heterocycles. The average molecular weight is 467 g/mol. The Morgan fingerprint density at radius 2 is 2.06 bits per heavy atom. The second kappa shape index (κ2) is 7.16. The summed E-state index contributed by atoms with van der Waals surface area (Å²) >= 11 is 5.68. The van der Waals surface area contributed by atoms with Gasteiger partial charge in [-0.25, -0.2) is 17.8 Å². The lowest BCUT2D eigenvalue weighted by molar-refractivity contribution is 0.101. The maximum atomic E-state index is 14.0. The molecule has 3 N–H and O–H groups in total. The fraction of sp³-hybridized carbons (Fsp3) is 0.350. The lowest BCUT2D eigenvalue weighted by Gasteiger charge is -2.42. The van der Waals surface area contributed by atoms with E-state index < -0.39 is 37.5 Å². The van der Waals surface area contributed by atoms with Crippen molar-refractivity contribution in [2.45, 2.75) is 30.6 Å². The van der Waals surface area contributed by atoms with Crippen LogP contribution in [0.4, 0.5) is 10.1 Å². The third kappa shape index (κ3) is 3.53. The van der Waals surface area contributed by atoms with Gasteiger partial charge in [0.05, 0.1) is 17.4 Å². The van der Waals surface area contributed by atoms with Crippen molar-refractivity contribution in [1.29, 1.82) is 0 Å². The van der Waals surface area contributed by atoms with E-state index in [1.807, 2.05) is 0 Å². The van der Waals surface area contributed by atoms with E-state index in [-0.39, 0.29) is 23.2 Å². The van der Waals surface area contributed by atoms with Gasteiger partial charge in [0.15, 0.2) is 21.3 Å². The van der Waals surface area contributed by atoms with Gasteiger partial charge in [-0.1, -0.05) is 11.6 Å². The quantitative estimate of drug-likeness (QED) is 0.701. The molecule has 0 fully saturated rings. The maximum absolute atomic E-state index is 14.0. The Kier molecular flexibility index (Phi) is 4.97. The number of anilines is 1. The number of carbonyl (C=O) groups is 1. The molecule has 8 nitrogen and oxygen atoms in total. The van der Waals surface area contributed by atoms with E-state index in [0.717, 1.165) is 6.07 Å². The number of sulfone groups is 1. The van der Waals surface area contributed by atoms with Gasteiger partial charge in [0.25, 0.3) is 5.91 Å². The number of ether oxygens (including phenoxy) is 1. The number of rotatable bonds is 2. The van der Waals surface area contributed by atoms with E-state index in [9.17, 15) is 17.6 Å². The van der Waals surface area contributed by atoms with Gasteiger partial charge in [0.1, 0.15) is 21.9 Å². The van der Waals surface area contributed by atoms with E-state index in [2.05, 4.69) is 15.3 Å². The van der Waals surface area contributed by atoms with Crippen molar-refractivity contribution in [3.8, 4) is 5.75 Å². The molecule has 2 aromatic rings. The molecule has 1 atom stereocenters. The van der Waals surface area contributed by atoms with Crippen LogP contribution in [0.5, 0.6) is 5.75 Å². The van der Waals surface area contributed by atoms with Crippen LogP contribution in [0.15, 0.2) is 35.5 Å². The Morgan fingerprint density at radius 3 is 2.74 bits per heavy atom. The van der Waals surface area contributed by atoms with Gasteiger partial charge < -0.3 is 15.8 Å². The second-order valence-electron chi connectivity index (χ2n) is 8.05. The van der Waals surface area contributed by atoms with E-state index in [4.69, 9.17) is 22.1 Å². The Bertz CT molecular complexity index is 1230. The molecule has 2 aliphatic rings. The van der Waals surface area contributed by atoms with Gasteiger partial charge in [-0.2, -0.15) is 0 Å². The van der Waals surface area contributed by atoms with E-state index in [1.54, 1.807) is 18.2 Å². The number of hydrogen-bond acceptors (Lipinski definition) is 7. The van der Waals surface area contributed by atoms with Gasteiger partial charge in [0.2, 0.25) is 0 Å². The van der Waals surface area contributed by atoms with Crippen LogP contribution in [0.25, 0.3) is 0 Å². The molecule has 1 amide bonds. The number of hydrogen-bond donors (Lipinski definition) is 2. The van der Waals surface area contributed by atoms with Crippen molar-refractivity contribution in [2.24, 2.45) is 10.7 Å². The molecule has 2 aliphatic heterocycles. The summed E-state index contributed by atoms with van der Waals surface area (Å²) in [6.07, 6.45) is 1.47. The zero-order valence-corrected chi connectivity index (χ0v) is 18.3. The molecule has 164 valence electrons. The number of aromatic nitrogens is 1. The molecule has 0 saturated carbocycles. The SMILES string of the molecule is CC1(C)C(N)=NC2(CCOc3ccc(NC(=O)c4ncc(Cl)cc4F)cc32)CS1(=O)=O. The monoisotopic (exact) mass is 466 g/mol. The summed E-state index contributed by atoms with van der Waals surface area (Å²) in [5.74, 6) is -1.41. The minimum atomic E-state index is -3.62. The zero-order valence-electron chi connectivity index (χ0n) is 16.8. The number of aliphatic imine (C=N–C) groups is 1. The van der Waals surface area contributed by atoms with E-state index >= 15 is 0 Å². The van der Waals surface area contributed by atoms with Crippen LogP contribution in [-0.4, -0.2) is 42.3 Å². The minimum Gasteiger partial charge on any atom is -0.493 e. The van der Waals surface area contributed by atoms with Crippen molar-refractivity contribution in [3.05, 3.63) is 52.6 Å². The van der Waals surface area contributed by atoms with Crippen molar-refractivity contribution in [2.75, 3.05) is 17.7 Å². The first-order valence-corrected chi connectivity index (χ1v) is 11.5. The highest BCUT2D eigenvalue weighted by atomic mass is 35.5. The fourth-order valence-corrected chi connectivity index (χ4v) is 5.51. The molecule has 0 bridgehead atoms. The first-order chi connectivity index (χ1) is 14.4. The summed E-state index contributed by atoms with van der Waals surface area (Å²) in [7, 11) is -3.62. The van der Waals surface area contributed by atoms with Crippen molar-refractivity contribution >= 4 is 38.9 Å². The number of nitrogens with zero attached hydrogens (tertiary/aromatic N) is 2. The zero-order chi connectivity index (χ0) is 22.6. The summed E-state index contributed by atoms with van der Waals surface area (Å²) in [6.45, 7) is 3.32. The van der Waals surface area contributed by atoms with Crippen LogP contribution in [0.2, 0.25) is 5.02 Å². The molecular formula is C20H20ClFN4O4S. The first-order valence-electron chi connectivity index (χ1n) is 9.43. The van der Waals surface area contributed by atoms with Gasteiger partial charge in [-0.3, -0.25) is 9.79 Å². The van der Waals surface area contributed by atoms with Crippen LogP contribution in [0.3, 0.4) is 0 Å². The third-order valence-electron chi connectivity index (χ3n) is 5.69. The fourth-order valence-electron chi connectivity index (χ4n) is 3.65. The van der Waals surface area contributed by atoms with Crippen LogP contribution < -0.4 is 15.8 Å². The van der Waals surface area contributed by atoms with Crippen molar-refractivity contribution in [1.82, 2.24) is 4.98 Å². The summed E-state index contributed by atoms with van der Waals surface area (Å²) in [4.78, 5) is 20.8. The molecule has 4 rings (SSSR count). The number of fused-ring (bicyclic) bond motifs is 2. The first kappa shape index (κ1) is 21.5. The third-order valence-corrected chi connectivity index (χ3v) is 8.52. The molecular weight excluding hydrogens is 447 g/mol. The largest absolute Gasteiger partial charge is 0.493 e. The average Bonchev–Trinajstić information content (AvgIpc) is 2.67. The molecule has 0 saturated heterocycles. The Labute approximate surface area is 183 Å². The predicted octanol–water partition coefficient (Wildman–Crippen LogP) is 2.67. The Morgan fingerprint density at radius 1 is 1.32 bits per heavy atom. The lowest BCUT2D eigenvalue weighted by Crippen LogP contribution is -2.56. The van der Waals surface area contributed by atoms with Gasteiger partial charge in [0, 0.05) is 23.9 Å². The summed E-state index contributed by atoms with van der Waals surface area (Å²) in [5, 5.41) is 2.64. The number of nitrogens with one attached hydrogen (secondary N) is 1. The van der Waals surface area contributed by atoms with Crippen LogP contribution in [0, 0.1) is 5.82 Å². The molecule has 1 unspecified atom stereocenters. The van der Waals surface area contributed by atoms with Crippen molar-refractivity contribution < 1.29 is 22.3 Å². The standard InChI is InChI=1S/C20H20ClFN4O4S/c1-19(2)18(23)26-20(10-31(19,28)29)5-6-30-15-4-3-12(8-13(15)20)25-17(27)16-14(22)7-11(21)9-24-16/h3-4,7-9H,5-6,10H2,1-2H3,(H2,23,26)(H,25,27). The molecule has 3 heterocycles. The van der Waals surface area contributed by atoms with E-state index in [0.29, 0.717) is 23.4 Å². The second-order valence-corrected chi connectivity index (χ2v) is 11.0. The highest BCUT2D eigenvalue weighted by Gasteiger charge is 2.52. The molecule has 0 radical (unpaired) electrons. The number of nitrogens with two attached hydrogens (primary N) is 1.